The number of amidine groups is 1. The molecule has 0 saturated heterocycles. The van der Waals surface area contributed by atoms with Gasteiger partial charge in [0.05, 0.1) is 11.7 Å². The Morgan fingerprint density at radius 1 is 1.37 bits per heavy atom. The van der Waals surface area contributed by atoms with Crippen LogP contribution in [0.2, 0.25) is 0 Å². The number of nitrogens with zero attached hydrogens (tertiary/aromatic N) is 3. The van der Waals surface area contributed by atoms with E-state index in [9.17, 15) is 0 Å². The second-order valence-corrected chi connectivity index (χ2v) is 5.82. The van der Waals surface area contributed by atoms with Crippen molar-refractivity contribution in [2.24, 2.45) is 10.8 Å². The largest absolute Gasteiger partial charge is 0.307 e. The highest BCUT2D eigenvalue weighted by Gasteiger charge is 2.16. The third kappa shape index (κ3) is 3.98. The minimum Gasteiger partial charge on any atom is -0.307 e. The van der Waals surface area contributed by atoms with Crippen LogP contribution in [-0.4, -0.2) is 21.5 Å². The molecule has 0 unspecified atom stereocenters. The molecule has 1 aliphatic rings. The maximum absolute atomic E-state index is 5.66. The molecule has 1 heterocycles. The van der Waals surface area contributed by atoms with Crippen molar-refractivity contribution in [2.75, 3.05) is 0 Å². The molecule has 0 aliphatic heterocycles. The van der Waals surface area contributed by atoms with Crippen molar-refractivity contribution in [3.8, 4) is 0 Å². The highest BCUT2D eigenvalue weighted by molar-refractivity contribution is 7.08. The van der Waals surface area contributed by atoms with Crippen LogP contribution in [0.3, 0.4) is 0 Å². The van der Waals surface area contributed by atoms with Crippen LogP contribution in [0.15, 0.2) is 4.99 Å². The fraction of sp³-hybridized carbons (Fsp3) is 0.769. The number of aryl methyl sites for hydroxylation is 1. The van der Waals surface area contributed by atoms with Crippen LogP contribution in [0.25, 0.3) is 0 Å². The predicted octanol–water partition coefficient (Wildman–Crippen LogP) is 2.42. The van der Waals surface area contributed by atoms with E-state index in [1.54, 1.807) is 0 Å². The minimum atomic E-state index is 0.394. The number of nitrogens with two attached hydrogens (primary N) is 1. The van der Waals surface area contributed by atoms with Crippen molar-refractivity contribution >= 4 is 17.4 Å². The first-order chi connectivity index (χ1) is 9.35. The Balaban J connectivity index is 2.15. The summed E-state index contributed by atoms with van der Waals surface area (Å²) in [6.07, 6.45) is 9.53. The zero-order valence-electron chi connectivity index (χ0n) is 11.6. The summed E-state index contributed by atoms with van der Waals surface area (Å²) in [5, 5.41) is 4.18. The third-order valence-corrected chi connectivity index (χ3v) is 4.31. The molecule has 1 saturated carbocycles. The number of hydrogen-bond donors (Lipinski definition) is 2. The summed E-state index contributed by atoms with van der Waals surface area (Å²) in [6.45, 7) is 2.14. The van der Waals surface area contributed by atoms with Crippen LogP contribution in [0.5, 0.6) is 0 Å². The van der Waals surface area contributed by atoms with E-state index >= 15 is 0 Å². The molecule has 1 aromatic rings. The minimum absolute atomic E-state index is 0.394. The standard InChI is InChI=1S/C13H23N5S/c1-2-7-11-12(19-18-17-11)13(16-14)15-10-8-5-3-4-6-9-10/h10H,2-9,14H2,1H3,(H,15,16). The first kappa shape index (κ1) is 14.4. The molecule has 0 aromatic carbocycles. The first-order valence-electron chi connectivity index (χ1n) is 7.21. The van der Waals surface area contributed by atoms with Gasteiger partial charge in [-0.15, -0.1) is 5.10 Å². The normalized spacial score (nSPS) is 18.3. The van der Waals surface area contributed by atoms with E-state index in [1.165, 1.54) is 50.1 Å². The van der Waals surface area contributed by atoms with Crippen molar-refractivity contribution in [3.63, 3.8) is 0 Å². The summed E-state index contributed by atoms with van der Waals surface area (Å²) in [6, 6.07) is 0.394. The monoisotopic (exact) mass is 281 g/mol. The van der Waals surface area contributed by atoms with E-state index in [0.29, 0.717) is 6.04 Å². The second kappa shape index (κ2) is 7.55. The van der Waals surface area contributed by atoms with Crippen LogP contribution in [0.4, 0.5) is 0 Å². The molecule has 0 amide bonds. The summed E-state index contributed by atoms with van der Waals surface area (Å²) in [5.41, 5.74) is 3.76. The van der Waals surface area contributed by atoms with Crippen molar-refractivity contribution in [2.45, 2.75) is 64.3 Å². The van der Waals surface area contributed by atoms with Crippen molar-refractivity contribution in [1.29, 1.82) is 0 Å². The van der Waals surface area contributed by atoms with E-state index in [-0.39, 0.29) is 0 Å². The lowest BCUT2D eigenvalue weighted by atomic mass is 10.1. The lowest BCUT2D eigenvalue weighted by molar-refractivity contribution is 0.583. The topological polar surface area (TPSA) is 76.2 Å². The quantitative estimate of drug-likeness (QED) is 0.292. The van der Waals surface area contributed by atoms with Crippen LogP contribution in [-0.2, 0) is 6.42 Å². The van der Waals surface area contributed by atoms with Gasteiger partial charge in [-0.25, -0.2) is 5.84 Å². The zero-order chi connectivity index (χ0) is 13.5. The summed E-state index contributed by atoms with van der Waals surface area (Å²) in [5.74, 6) is 6.42. The van der Waals surface area contributed by atoms with Gasteiger partial charge < -0.3 is 5.43 Å². The fourth-order valence-corrected chi connectivity index (χ4v) is 3.19. The van der Waals surface area contributed by atoms with E-state index in [1.807, 2.05) is 0 Å². The number of aliphatic imine (C=N–C) groups is 1. The molecule has 19 heavy (non-hydrogen) atoms. The third-order valence-electron chi connectivity index (χ3n) is 3.53. The number of rotatable bonds is 4. The van der Waals surface area contributed by atoms with Gasteiger partial charge in [-0.1, -0.05) is 43.5 Å². The molecule has 106 valence electrons. The van der Waals surface area contributed by atoms with Gasteiger partial charge >= 0.3 is 0 Å². The maximum Gasteiger partial charge on any atom is 0.156 e. The van der Waals surface area contributed by atoms with Crippen molar-refractivity contribution in [3.05, 3.63) is 10.6 Å². The Labute approximate surface area is 118 Å². The Bertz CT molecular complexity index is 407. The van der Waals surface area contributed by atoms with Crippen LogP contribution in [0, 0.1) is 0 Å². The Morgan fingerprint density at radius 2 is 2.11 bits per heavy atom. The summed E-state index contributed by atoms with van der Waals surface area (Å²) >= 11 is 1.38. The van der Waals surface area contributed by atoms with Gasteiger partial charge in [-0.2, -0.15) is 0 Å². The zero-order valence-corrected chi connectivity index (χ0v) is 12.4. The fourth-order valence-electron chi connectivity index (χ4n) is 2.52. The molecule has 0 spiro atoms. The molecular weight excluding hydrogens is 258 g/mol. The van der Waals surface area contributed by atoms with Gasteiger partial charge in [0, 0.05) is 0 Å². The number of hydrogen-bond acceptors (Lipinski definition) is 5. The van der Waals surface area contributed by atoms with Gasteiger partial charge in [0.1, 0.15) is 4.88 Å². The van der Waals surface area contributed by atoms with Crippen LogP contribution in [0.1, 0.15) is 62.4 Å². The molecule has 5 nitrogen and oxygen atoms in total. The molecule has 0 atom stereocenters. The Kier molecular flexibility index (Phi) is 5.72. The lowest BCUT2D eigenvalue weighted by Gasteiger charge is -2.12. The van der Waals surface area contributed by atoms with E-state index in [4.69, 9.17) is 10.8 Å². The molecule has 6 heteroatoms. The van der Waals surface area contributed by atoms with E-state index < -0.39 is 0 Å². The average Bonchev–Trinajstić information content (AvgIpc) is 2.72. The SMILES string of the molecule is CCCc1nnsc1C(=NC1CCCCCC1)NN. The second-order valence-electron chi connectivity index (χ2n) is 5.07. The summed E-state index contributed by atoms with van der Waals surface area (Å²) in [4.78, 5) is 5.82. The molecule has 1 aliphatic carbocycles. The number of nitrogens with one attached hydrogen (secondary N) is 1. The Morgan fingerprint density at radius 3 is 2.74 bits per heavy atom. The van der Waals surface area contributed by atoms with Crippen molar-refractivity contribution in [1.82, 2.24) is 15.0 Å². The molecule has 1 aromatic heterocycles. The van der Waals surface area contributed by atoms with Gasteiger partial charge in [0.25, 0.3) is 0 Å². The van der Waals surface area contributed by atoms with Gasteiger partial charge in [0.15, 0.2) is 5.84 Å². The van der Waals surface area contributed by atoms with E-state index in [2.05, 4.69) is 21.9 Å². The van der Waals surface area contributed by atoms with Crippen LogP contribution < -0.4 is 11.3 Å². The first-order valence-corrected chi connectivity index (χ1v) is 7.98. The molecule has 0 bridgehead atoms. The molecule has 1 fully saturated rings. The predicted molar refractivity (Wildman–Crippen MR) is 79.3 cm³/mol. The lowest BCUT2D eigenvalue weighted by Crippen LogP contribution is -2.32. The highest BCUT2D eigenvalue weighted by Crippen LogP contribution is 2.21. The van der Waals surface area contributed by atoms with Crippen LogP contribution >= 0.6 is 11.5 Å². The number of aromatic nitrogens is 2. The molecule has 0 radical (unpaired) electrons. The smallest absolute Gasteiger partial charge is 0.156 e. The average molecular weight is 281 g/mol. The molecule has 2 rings (SSSR count). The molecular formula is C13H23N5S. The maximum atomic E-state index is 5.66. The van der Waals surface area contributed by atoms with Gasteiger partial charge in [-0.05, 0) is 30.8 Å². The summed E-state index contributed by atoms with van der Waals surface area (Å²) in [7, 11) is 0. The van der Waals surface area contributed by atoms with Crippen molar-refractivity contribution < 1.29 is 0 Å². The summed E-state index contributed by atoms with van der Waals surface area (Å²) < 4.78 is 4.04. The van der Waals surface area contributed by atoms with Gasteiger partial charge in [-0.3, -0.25) is 4.99 Å². The molecule has 3 N–H and O–H groups in total. The number of hydrazine groups is 1. The van der Waals surface area contributed by atoms with E-state index in [0.717, 1.165) is 29.2 Å². The highest BCUT2D eigenvalue weighted by atomic mass is 32.1. The Hall–Kier alpha value is -1.01. The van der Waals surface area contributed by atoms with Gasteiger partial charge in [0.2, 0.25) is 0 Å².